The van der Waals surface area contributed by atoms with Crippen LogP contribution in [0.5, 0.6) is 5.75 Å². The van der Waals surface area contributed by atoms with Gasteiger partial charge in [-0.1, -0.05) is 13.8 Å². The molecule has 1 aromatic carbocycles. The van der Waals surface area contributed by atoms with E-state index in [1.54, 1.807) is 5.38 Å². The first-order chi connectivity index (χ1) is 11.1. The Morgan fingerprint density at radius 2 is 2.04 bits per heavy atom. The molecule has 24 heavy (non-hydrogen) atoms. The van der Waals surface area contributed by atoms with Crippen LogP contribution in [-0.2, 0) is 6.42 Å². The normalized spacial score (nSPS) is 10.3. The molecule has 0 spiro atoms. The number of nitrogens with one attached hydrogen (secondary N) is 1. The quantitative estimate of drug-likeness (QED) is 0.743. The third-order valence-corrected chi connectivity index (χ3v) is 4.13. The molecule has 2 rings (SSSR count). The van der Waals surface area contributed by atoms with Gasteiger partial charge in [0.15, 0.2) is 0 Å². The number of hydrogen-bond acceptors (Lipinski definition) is 5. The first-order valence-electron chi connectivity index (χ1n) is 7.77. The number of amides is 1. The standard InChI is InChI=1S/C17H23N3O2S.ClH/c1-12(2)8-10-22-14-5-3-13(4-6-14)19-17(21)15-11-23-16(20-15)7-9-18;/h3-6,11-12H,7-10,18H2,1-2H3,(H,19,21);1H. The van der Waals surface area contributed by atoms with Crippen molar-refractivity contribution in [3.63, 3.8) is 0 Å². The van der Waals surface area contributed by atoms with E-state index in [2.05, 4.69) is 24.1 Å². The highest BCUT2D eigenvalue weighted by molar-refractivity contribution is 7.09. The van der Waals surface area contributed by atoms with Crippen LogP contribution in [0, 0.1) is 5.92 Å². The summed E-state index contributed by atoms with van der Waals surface area (Å²) < 4.78 is 5.66. The predicted molar refractivity (Wildman–Crippen MR) is 101 cm³/mol. The lowest BCUT2D eigenvalue weighted by atomic mass is 10.1. The van der Waals surface area contributed by atoms with Crippen molar-refractivity contribution in [3.05, 3.63) is 40.3 Å². The molecule has 0 aliphatic rings. The summed E-state index contributed by atoms with van der Waals surface area (Å²) in [7, 11) is 0. The molecule has 7 heteroatoms. The monoisotopic (exact) mass is 369 g/mol. The maximum atomic E-state index is 12.1. The van der Waals surface area contributed by atoms with Crippen LogP contribution >= 0.6 is 23.7 Å². The summed E-state index contributed by atoms with van der Waals surface area (Å²) in [6.07, 6.45) is 1.72. The van der Waals surface area contributed by atoms with Crippen molar-refractivity contribution < 1.29 is 9.53 Å². The van der Waals surface area contributed by atoms with Gasteiger partial charge in [0.05, 0.1) is 11.6 Å². The van der Waals surface area contributed by atoms with Crippen LogP contribution in [0.15, 0.2) is 29.6 Å². The van der Waals surface area contributed by atoms with Crippen LogP contribution in [0.4, 0.5) is 5.69 Å². The van der Waals surface area contributed by atoms with Crippen molar-refractivity contribution in [1.29, 1.82) is 0 Å². The number of benzene rings is 1. The summed E-state index contributed by atoms with van der Waals surface area (Å²) in [5.41, 5.74) is 6.64. The van der Waals surface area contributed by atoms with Crippen LogP contribution < -0.4 is 15.8 Å². The number of hydrogen-bond donors (Lipinski definition) is 2. The van der Waals surface area contributed by atoms with Gasteiger partial charge < -0.3 is 15.8 Å². The number of carbonyl (C=O) groups is 1. The van der Waals surface area contributed by atoms with Crippen LogP contribution in [0.25, 0.3) is 0 Å². The minimum Gasteiger partial charge on any atom is -0.494 e. The largest absolute Gasteiger partial charge is 0.494 e. The summed E-state index contributed by atoms with van der Waals surface area (Å²) in [6, 6.07) is 7.37. The van der Waals surface area contributed by atoms with Gasteiger partial charge >= 0.3 is 0 Å². The van der Waals surface area contributed by atoms with E-state index in [1.807, 2.05) is 24.3 Å². The molecule has 0 atom stereocenters. The number of anilines is 1. The van der Waals surface area contributed by atoms with Crippen LogP contribution in [0.3, 0.4) is 0 Å². The Hall–Kier alpha value is -1.63. The molecule has 1 amide bonds. The molecule has 0 fully saturated rings. The van der Waals surface area contributed by atoms with Gasteiger partial charge in [-0.25, -0.2) is 4.98 Å². The van der Waals surface area contributed by atoms with Crippen LogP contribution in [0.1, 0.15) is 35.8 Å². The molecule has 0 radical (unpaired) electrons. The number of carbonyl (C=O) groups excluding carboxylic acids is 1. The zero-order valence-corrected chi connectivity index (χ0v) is 15.6. The second-order valence-corrected chi connectivity index (χ2v) is 6.62. The van der Waals surface area contributed by atoms with E-state index in [4.69, 9.17) is 10.5 Å². The summed E-state index contributed by atoms with van der Waals surface area (Å²) >= 11 is 1.45. The maximum absolute atomic E-state index is 12.1. The average molecular weight is 370 g/mol. The first kappa shape index (κ1) is 20.4. The molecule has 3 N–H and O–H groups in total. The molecule has 0 bridgehead atoms. The van der Waals surface area contributed by atoms with Gasteiger partial charge in [0.25, 0.3) is 5.91 Å². The summed E-state index contributed by atoms with van der Waals surface area (Å²) in [5.74, 6) is 1.22. The van der Waals surface area contributed by atoms with Crippen molar-refractivity contribution in [2.24, 2.45) is 11.7 Å². The number of halogens is 1. The molecular formula is C17H24ClN3O2S. The second-order valence-electron chi connectivity index (χ2n) is 5.67. The van der Waals surface area contributed by atoms with E-state index in [9.17, 15) is 4.79 Å². The van der Waals surface area contributed by atoms with Crippen LogP contribution in [0.2, 0.25) is 0 Å². The molecule has 5 nitrogen and oxygen atoms in total. The van der Waals surface area contributed by atoms with E-state index in [0.29, 0.717) is 31.2 Å². The molecule has 132 valence electrons. The smallest absolute Gasteiger partial charge is 0.275 e. The molecular weight excluding hydrogens is 346 g/mol. The Bertz CT molecular complexity index is 629. The highest BCUT2D eigenvalue weighted by Gasteiger charge is 2.10. The lowest BCUT2D eigenvalue weighted by Crippen LogP contribution is -2.12. The van der Waals surface area contributed by atoms with E-state index >= 15 is 0 Å². The topological polar surface area (TPSA) is 77.2 Å². The van der Waals surface area contributed by atoms with Gasteiger partial charge in [0.2, 0.25) is 0 Å². The first-order valence-corrected chi connectivity index (χ1v) is 8.65. The minimum absolute atomic E-state index is 0. The van der Waals surface area contributed by atoms with Crippen molar-refractivity contribution in [3.8, 4) is 5.75 Å². The summed E-state index contributed by atoms with van der Waals surface area (Å²) in [4.78, 5) is 16.4. The number of rotatable bonds is 8. The van der Waals surface area contributed by atoms with Crippen molar-refractivity contribution in [2.75, 3.05) is 18.5 Å². The Morgan fingerprint density at radius 1 is 1.33 bits per heavy atom. The number of thiazole rings is 1. The molecule has 1 heterocycles. The summed E-state index contributed by atoms with van der Waals surface area (Å²) in [6.45, 7) is 5.57. The fraction of sp³-hybridized carbons (Fsp3) is 0.412. The van der Waals surface area contributed by atoms with Gasteiger partial charge in [-0.05, 0) is 43.1 Å². The van der Waals surface area contributed by atoms with E-state index < -0.39 is 0 Å². The Morgan fingerprint density at radius 3 is 2.67 bits per heavy atom. The van der Waals surface area contributed by atoms with Crippen molar-refractivity contribution in [1.82, 2.24) is 4.98 Å². The SMILES string of the molecule is CC(C)CCOc1ccc(NC(=O)c2csc(CCN)n2)cc1.Cl. The molecule has 0 unspecified atom stereocenters. The highest BCUT2D eigenvalue weighted by atomic mass is 35.5. The van der Waals surface area contributed by atoms with Gasteiger partial charge in [-0.2, -0.15) is 0 Å². The lowest BCUT2D eigenvalue weighted by molar-refractivity contribution is 0.102. The number of aromatic nitrogens is 1. The third-order valence-electron chi connectivity index (χ3n) is 3.22. The van der Waals surface area contributed by atoms with Crippen molar-refractivity contribution >= 4 is 35.3 Å². The van der Waals surface area contributed by atoms with Gasteiger partial charge in [0, 0.05) is 17.5 Å². The Labute approximate surface area is 153 Å². The predicted octanol–water partition coefficient (Wildman–Crippen LogP) is 3.74. The second kappa shape index (κ2) is 10.3. The number of nitrogens with zero attached hydrogens (tertiary/aromatic N) is 1. The van der Waals surface area contributed by atoms with Gasteiger partial charge in [-0.3, -0.25) is 4.79 Å². The fourth-order valence-corrected chi connectivity index (χ4v) is 2.69. The third kappa shape index (κ3) is 6.47. The zero-order chi connectivity index (χ0) is 16.7. The van der Waals surface area contributed by atoms with Gasteiger partial charge in [0.1, 0.15) is 11.4 Å². The summed E-state index contributed by atoms with van der Waals surface area (Å²) in [5, 5.41) is 5.47. The molecule has 0 saturated carbocycles. The van der Waals surface area contributed by atoms with E-state index in [-0.39, 0.29) is 18.3 Å². The Balaban J connectivity index is 0.00000288. The Kier molecular flexibility index (Phi) is 8.74. The fourth-order valence-electron chi connectivity index (χ4n) is 1.90. The maximum Gasteiger partial charge on any atom is 0.275 e. The number of nitrogens with two attached hydrogens (primary N) is 1. The van der Waals surface area contributed by atoms with E-state index in [1.165, 1.54) is 11.3 Å². The number of ether oxygens (including phenoxy) is 1. The molecule has 0 aliphatic heterocycles. The average Bonchev–Trinajstić information content (AvgIpc) is 2.98. The van der Waals surface area contributed by atoms with Crippen LogP contribution in [-0.4, -0.2) is 24.0 Å². The lowest BCUT2D eigenvalue weighted by Gasteiger charge is -2.09. The molecule has 2 aromatic rings. The minimum atomic E-state index is -0.210. The van der Waals surface area contributed by atoms with E-state index in [0.717, 1.165) is 22.9 Å². The highest BCUT2D eigenvalue weighted by Crippen LogP contribution is 2.18. The molecule has 1 aromatic heterocycles. The molecule has 0 aliphatic carbocycles. The molecule has 0 saturated heterocycles. The zero-order valence-electron chi connectivity index (χ0n) is 14.0. The van der Waals surface area contributed by atoms with Gasteiger partial charge in [-0.15, -0.1) is 23.7 Å². The van der Waals surface area contributed by atoms with Crippen molar-refractivity contribution in [2.45, 2.75) is 26.7 Å².